The lowest BCUT2D eigenvalue weighted by molar-refractivity contribution is -0.139. The van der Waals surface area contributed by atoms with Crippen LogP contribution in [-0.4, -0.2) is 37.5 Å². The Labute approximate surface area is 123 Å². The zero-order valence-electron chi connectivity index (χ0n) is 11.8. The molecule has 0 heterocycles. The first-order valence-corrected chi connectivity index (χ1v) is 7.97. The molecule has 1 unspecified atom stereocenters. The maximum absolute atomic E-state index is 12.3. The van der Waals surface area contributed by atoms with Crippen molar-refractivity contribution < 1.29 is 23.1 Å². The molecule has 0 fully saturated rings. The molecule has 1 rings (SSSR count). The molecule has 0 aliphatic heterocycles. The average molecular weight is 316 g/mol. The van der Waals surface area contributed by atoms with Gasteiger partial charge in [0, 0.05) is 6.54 Å². The molecular formula is C13H20N2O5S. The summed E-state index contributed by atoms with van der Waals surface area (Å²) >= 11 is 0. The Morgan fingerprint density at radius 3 is 2.33 bits per heavy atom. The van der Waals surface area contributed by atoms with Gasteiger partial charge in [-0.25, -0.2) is 13.2 Å². The average Bonchev–Trinajstić information content (AvgIpc) is 2.46. The van der Waals surface area contributed by atoms with Gasteiger partial charge in [-0.1, -0.05) is 13.3 Å². The summed E-state index contributed by atoms with van der Waals surface area (Å²) in [7, 11) is -4.29. The van der Waals surface area contributed by atoms with Crippen molar-refractivity contribution in [1.82, 2.24) is 0 Å². The fourth-order valence-corrected chi connectivity index (χ4v) is 2.94. The Morgan fingerprint density at radius 2 is 1.90 bits per heavy atom. The first-order chi connectivity index (χ1) is 9.79. The zero-order chi connectivity index (χ0) is 16.1. The summed E-state index contributed by atoms with van der Waals surface area (Å²) in [6, 6.07) is 5.44. The predicted molar refractivity (Wildman–Crippen MR) is 77.6 cm³/mol. The van der Waals surface area contributed by atoms with E-state index >= 15 is 0 Å². The first kappa shape index (κ1) is 17.4. The number of unbranched alkanes of at least 4 members (excludes halogenated alkanes) is 1. The number of carboxylic acid groups (broad SMARTS) is 1. The van der Waals surface area contributed by atoms with Gasteiger partial charge in [-0.15, -0.1) is 0 Å². The van der Waals surface area contributed by atoms with Crippen LogP contribution < -0.4 is 16.2 Å². The number of rotatable bonds is 8. The minimum atomic E-state index is -4.29. The molecule has 1 aromatic carbocycles. The molecule has 21 heavy (non-hydrogen) atoms. The number of benzene rings is 1. The maximum atomic E-state index is 12.3. The largest absolute Gasteiger partial charge is 0.494 e. The summed E-state index contributed by atoms with van der Waals surface area (Å²) in [5, 5.41) is 9.02. The molecule has 1 atom stereocenters. The van der Waals surface area contributed by atoms with E-state index in [1.54, 1.807) is 0 Å². The molecule has 1 aromatic rings. The third kappa shape index (κ3) is 3.52. The zero-order valence-corrected chi connectivity index (χ0v) is 12.6. The molecule has 0 amide bonds. The lowest BCUT2D eigenvalue weighted by Crippen LogP contribution is -2.59. The lowest BCUT2D eigenvalue weighted by Gasteiger charge is -2.22. The van der Waals surface area contributed by atoms with E-state index in [-0.39, 0.29) is 4.90 Å². The van der Waals surface area contributed by atoms with E-state index in [9.17, 15) is 13.2 Å². The quantitative estimate of drug-likeness (QED) is 0.589. The smallest absolute Gasteiger partial charge is 0.341 e. The number of nitrogens with two attached hydrogens (primary N) is 2. The number of ether oxygens (including phenoxy) is 1. The number of aliphatic carboxylic acids is 1. The highest BCUT2D eigenvalue weighted by atomic mass is 32.2. The van der Waals surface area contributed by atoms with E-state index in [2.05, 4.69) is 0 Å². The van der Waals surface area contributed by atoms with Gasteiger partial charge in [-0.3, -0.25) is 0 Å². The second-order valence-corrected chi connectivity index (χ2v) is 6.78. The minimum Gasteiger partial charge on any atom is -0.494 e. The lowest BCUT2D eigenvalue weighted by atomic mass is 10.3. The molecule has 0 aliphatic carbocycles. The number of hydrogen-bond acceptors (Lipinski definition) is 6. The Hall–Kier alpha value is -1.64. The summed E-state index contributed by atoms with van der Waals surface area (Å²) < 4.78 is 29.9. The Morgan fingerprint density at radius 1 is 1.33 bits per heavy atom. The SMILES string of the molecule is CCCCOc1ccc(S(=O)(=O)C(N)(CN)C(=O)O)cc1. The molecule has 8 heteroatoms. The van der Waals surface area contributed by atoms with Crippen LogP contribution in [0.1, 0.15) is 19.8 Å². The van der Waals surface area contributed by atoms with Crippen LogP contribution in [0.5, 0.6) is 5.75 Å². The highest BCUT2D eigenvalue weighted by molar-refractivity contribution is 7.93. The van der Waals surface area contributed by atoms with Crippen molar-refractivity contribution in [3.8, 4) is 5.75 Å². The van der Waals surface area contributed by atoms with Crippen LogP contribution in [0, 0.1) is 0 Å². The van der Waals surface area contributed by atoms with E-state index in [4.69, 9.17) is 21.3 Å². The third-order valence-electron chi connectivity index (χ3n) is 3.05. The van der Waals surface area contributed by atoms with Gasteiger partial charge in [-0.2, -0.15) is 0 Å². The summed E-state index contributed by atoms with van der Waals surface area (Å²) in [5.74, 6) is -1.18. The number of hydrogen-bond donors (Lipinski definition) is 3. The fraction of sp³-hybridized carbons (Fsp3) is 0.462. The van der Waals surface area contributed by atoms with Crippen LogP contribution in [0.4, 0.5) is 0 Å². The molecule has 0 radical (unpaired) electrons. The number of carbonyl (C=O) groups is 1. The second kappa shape index (κ2) is 6.88. The van der Waals surface area contributed by atoms with Gasteiger partial charge in [0.1, 0.15) is 5.75 Å². The molecule has 0 aromatic heterocycles. The van der Waals surface area contributed by atoms with Crippen molar-refractivity contribution in [2.24, 2.45) is 11.5 Å². The topological polar surface area (TPSA) is 133 Å². The highest BCUT2D eigenvalue weighted by Crippen LogP contribution is 2.24. The Kier molecular flexibility index (Phi) is 5.70. The van der Waals surface area contributed by atoms with Gasteiger partial charge >= 0.3 is 5.97 Å². The van der Waals surface area contributed by atoms with Crippen molar-refractivity contribution in [3.63, 3.8) is 0 Å². The van der Waals surface area contributed by atoms with Crippen molar-refractivity contribution in [1.29, 1.82) is 0 Å². The Balaban J connectivity index is 3.02. The van der Waals surface area contributed by atoms with Crippen LogP contribution in [0.15, 0.2) is 29.2 Å². The molecule has 7 nitrogen and oxygen atoms in total. The van der Waals surface area contributed by atoms with E-state index < -0.39 is 27.2 Å². The van der Waals surface area contributed by atoms with Gasteiger partial charge in [0.05, 0.1) is 11.5 Å². The van der Waals surface area contributed by atoms with E-state index in [1.807, 2.05) is 6.92 Å². The summed E-state index contributed by atoms with van der Waals surface area (Å²) in [4.78, 5) is 8.35. The minimum absolute atomic E-state index is 0.208. The van der Waals surface area contributed by atoms with Crippen molar-refractivity contribution in [2.75, 3.05) is 13.2 Å². The molecular weight excluding hydrogens is 296 g/mol. The van der Waals surface area contributed by atoms with E-state index in [0.29, 0.717) is 12.4 Å². The van der Waals surface area contributed by atoms with Crippen molar-refractivity contribution in [3.05, 3.63) is 24.3 Å². The molecule has 0 saturated carbocycles. The van der Waals surface area contributed by atoms with E-state index in [0.717, 1.165) is 12.8 Å². The monoisotopic (exact) mass is 316 g/mol. The van der Waals surface area contributed by atoms with Crippen molar-refractivity contribution >= 4 is 15.8 Å². The summed E-state index contributed by atoms with van der Waals surface area (Å²) in [5.41, 5.74) is 10.7. The van der Waals surface area contributed by atoms with Crippen LogP contribution in [0.25, 0.3) is 0 Å². The van der Waals surface area contributed by atoms with Crippen LogP contribution in [-0.2, 0) is 14.6 Å². The summed E-state index contributed by atoms with van der Waals surface area (Å²) in [6.07, 6.45) is 1.87. The number of carboxylic acids is 1. The first-order valence-electron chi connectivity index (χ1n) is 6.49. The van der Waals surface area contributed by atoms with Crippen LogP contribution >= 0.6 is 0 Å². The normalized spacial score (nSPS) is 14.4. The van der Waals surface area contributed by atoms with Crippen molar-refractivity contribution in [2.45, 2.75) is 29.5 Å². The Bertz CT molecular complexity index is 585. The molecule has 5 N–H and O–H groups in total. The second-order valence-electron chi connectivity index (χ2n) is 4.58. The molecule has 0 saturated heterocycles. The van der Waals surface area contributed by atoms with Gasteiger partial charge < -0.3 is 21.3 Å². The molecule has 0 spiro atoms. The number of sulfone groups is 1. The summed E-state index contributed by atoms with van der Waals surface area (Å²) in [6.45, 7) is 1.83. The van der Waals surface area contributed by atoms with Crippen LogP contribution in [0.2, 0.25) is 0 Å². The van der Waals surface area contributed by atoms with Gasteiger partial charge in [-0.05, 0) is 30.7 Å². The van der Waals surface area contributed by atoms with Gasteiger partial charge in [0.15, 0.2) is 0 Å². The molecule has 0 bridgehead atoms. The third-order valence-corrected chi connectivity index (χ3v) is 5.24. The fourth-order valence-electron chi connectivity index (χ4n) is 1.57. The predicted octanol–water partition coefficient (Wildman–Crippen LogP) is 0.338. The van der Waals surface area contributed by atoms with Crippen LogP contribution in [0.3, 0.4) is 0 Å². The van der Waals surface area contributed by atoms with E-state index in [1.165, 1.54) is 24.3 Å². The molecule has 0 aliphatic rings. The maximum Gasteiger partial charge on any atom is 0.341 e. The van der Waals surface area contributed by atoms with Gasteiger partial charge in [0.2, 0.25) is 14.7 Å². The standard InChI is InChI=1S/C13H20N2O5S/c1-2-3-8-20-10-4-6-11(7-5-10)21(18,19)13(15,9-14)12(16)17/h4-7H,2-3,8-9,14-15H2,1H3,(H,16,17). The molecule has 118 valence electrons. The highest BCUT2D eigenvalue weighted by Gasteiger charge is 2.47. The van der Waals surface area contributed by atoms with Gasteiger partial charge in [0.25, 0.3) is 0 Å².